The number of ether oxygens (including phenoxy) is 1. The molecule has 0 N–H and O–H groups in total. The van der Waals surface area contributed by atoms with Gasteiger partial charge in [-0.2, -0.15) is 9.57 Å². The van der Waals surface area contributed by atoms with Gasteiger partial charge in [0.2, 0.25) is 10.0 Å². The summed E-state index contributed by atoms with van der Waals surface area (Å²) in [7, 11) is -3.48. The number of pyridine rings is 1. The van der Waals surface area contributed by atoms with Crippen LogP contribution in [0.2, 0.25) is 0 Å². The van der Waals surface area contributed by atoms with Gasteiger partial charge in [0.15, 0.2) is 0 Å². The summed E-state index contributed by atoms with van der Waals surface area (Å²) >= 11 is 0. The van der Waals surface area contributed by atoms with Crippen LogP contribution in [0.25, 0.3) is 0 Å². The summed E-state index contributed by atoms with van der Waals surface area (Å²) in [5.74, 6) is 0.577. The standard InChI is InChI=1S/C18H20N4O3S/c19-14-16-4-1-2-6-18(16)25-13-12-21-8-10-22(11-9-21)26(23,24)17-5-3-7-20-15-17/h1-7,15H,8-13H2. The monoisotopic (exact) mass is 372 g/mol. The van der Waals surface area contributed by atoms with Gasteiger partial charge >= 0.3 is 0 Å². The molecule has 0 spiro atoms. The molecular weight excluding hydrogens is 352 g/mol. The summed E-state index contributed by atoms with van der Waals surface area (Å²) in [6.07, 6.45) is 2.93. The molecule has 0 unspecified atom stereocenters. The maximum atomic E-state index is 12.6. The molecule has 1 fully saturated rings. The van der Waals surface area contributed by atoms with Crippen molar-refractivity contribution in [3.63, 3.8) is 0 Å². The predicted molar refractivity (Wildman–Crippen MR) is 96.1 cm³/mol. The van der Waals surface area contributed by atoms with Crippen LogP contribution in [0.1, 0.15) is 5.56 Å². The van der Waals surface area contributed by atoms with Crippen LogP contribution in [0.4, 0.5) is 0 Å². The van der Waals surface area contributed by atoms with Gasteiger partial charge in [0.05, 0.1) is 5.56 Å². The molecule has 0 amide bonds. The molecule has 1 aliphatic heterocycles. The van der Waals surface area contributed by atoms with Crippen LogP contribution >= 0.6 is 0 Å². The Hall–Kier alpha value is -2.47. The fourth-order valence-electron chi connectivity index (χ4n) is 2.81. The first-order valence-corrected chi connectivity index (χ1v) is 9.80. The Kier molecular flexibility index (Phi) is 5.83. The molecule has 0 saturated carbocycles. The van der Waals surface area contributed by atoms with Crippen LogP contribution in [0.15, 0.2) is 53.7 Å². The molecule has 0 atom stereocenters. The van der Waals surface area contributed by atoms with E-state index in [1.54, 1.807) is 36.5 Å². The van der Waals surface area contributed by atoms with Crippen molar-refractivity contribution in [2.45, 2.75) is 4.90 Å². The fraction of sp³-hybridized carbons (Fsp3) is 0.333. The van der Waals surface area contributed by atoms with Crippen molar-refractivity contribution in [1.82, 2.24) is 14.2 Å². The average molecular weight is 372 g/mol. The fourth-order valence-corrected chi connectivity index (χ4v) is 4.20. The van der Waals surface area contributed by atoms with Gasteiger partial charge in [-0.15, -0.1) is 0 Å². The third-order valence-corrected chi connectivity index (χ3v) is 6.16. The molecule has 7 nitrogen and oxygen atoms in total. The minimum atomic E-state index is -3.48. The predicted octanol–water partition coefficient (Wildman–Crippen LogP) is 1.34. The number of para-hydroxylation sites is 1. The second-order valence-electron chi connectivity index (χ2n) is 5.89. The highest BCUT2D eigenvalue weighted by Gasteiger charge is 2.28. The summed E-state index contributed by atoms with van der Waals surface area (Å²) in [6, 6.07) is 12.4. The average Bonchev–Trinajstić information content (AvgIpc) is 2.69. The topological polar surface area (TPSA) is 86.5 Å². The molecule has 1 aromatic heterocycles. The Bertz CT molecular complexity index is 873. The van der Waals surface area contributed by atoms with E-state index in [9.17, 15) is 8.42 Å². The Labute approximate surface area is 153 Å². The third kappa shape index (κ3) is 4.19. The van der Waals surface area contributed by atoms with Crippen LogP contribution < -0.4 is 4.74 Å². The zero-order chi connectivity index (χ0) is 18.4. The minimum Gasteiger partial charge on any atom is -0.491 e. The minimum absolute atomic E-state index is 0.227. The van der Waals surface area contributed by atoms with Crippen molar-refractivity contribution in [3.8, 4) is 11.8 Å². The second-order valence-corrected chi connectivity index (χ2v) is 7.83. The van der Waals surface area contributed by atoms with Gasteiger partial charge in [-0.05, 0) is 24.3 Å². The first-order valence-electron chi connectivity index (χ1n) is 8.36. The van der Waals surface area contributed by atoms with E-state index in [0.29, 0.717) is 50.6 Å². The zero-order valence-electron chi connectivity index (χ0n) is 14.3. The maximum absolute atomic E-state index is 12.6. The second kappa shape index (κ2) is 8.27. The van der Waals surface area contributed by atoms with Crippen molar-refractivity contribution in [3.05, 3.63) is 54.4 Å². The molecule has 0 bridgehead atoms. The molecule has 0 aliphatic carbocycles. The third-order valence-electron chi connectivity index (χ3n) is 4.28. The molecule has 0 radical (unpaired) electrons. The Balaban J connectivity index is 1.49. The summed E-state index contributed by atoms with van der Waals surface area (Å²) in [5, 5.41) is 9.06. The van der Waals surface area contributed by atoms with Crippen molar-refractivity contribution >= 4 is 10.0 Å². The quantitative estimate of drug-likeness (QED) is 0.761. The van der Waals surface area contributed by atoms with Gasteiger partial charge in [0.25, 0.3) is 0 Å². The van der Waals surface area contributed by atoms with Crippen LogP contribution in [-0.4, -0.2) is 61.9 Å². The van der Waals surface area contributed by atoms with E-state index in [0.717, 1.165) is 0 Å². The Morgan fingerprint density at radius 3 is 2.58 bits per heavy atom. The first kappa shape index (κ1) is 18.3. The normalized spacial score (nSPS) is 16.1. The number of piperazine rings is 1. The van der Waals surface area contributed by atoms with E-state index in [1.807, 2.05) is 6.07 Å². The molecule has 1 aliphatic rings. The van der Waals surface area contributed by atoms with Gasteiger partial charge in [-0.3, -0.25) is 9.88 Å². The highest BCUT2D eigenvalue weighted by Crippen LogP contribution is 2.18. The van der Waals surface area contributed by atoms with E-state index in [2.05, 4.69) is 16.0 Å². The van der Waals surface area contributed by atoms with E-state index in [-0.39, 0.29) is 4.90 Å². The van der Waals surface area contributed by atoms with Crippen molar-refractivity contribution in [2.24, 2.45) is 0 Å². The van der Waals surface area contributed by atoms with Crippen molar-refractivity contribution < 1.29 is 13.2 Å². The molecule has 2 heterocycles. The van der Waals surface area contributed by atoms with Gasteiger partial charge in [0.1, 0.15) is 23.3 Å². The van der Waals surface area contributed by atoms with Crippen LogP contribution in [0.5, 0.6) is 5.75 Å². The number of hydrogen-bond acceptors (Lipinski definition) is 6. The molecule has 1 saturated heterocycles. The number of aromatic nitrogens is 1. The Morgan fingerprint density at radius 1 is 1.12 bits per heavy atom. The summed E-state index contributed by atoms with van der Waals surface area (Å²) < 4.78 is 32.3. The van der Waals surface area contributed by atoms with Crippen molar-refractivity contribution in [2.75, 3.05) is 39.3 Å². The van der Waals surface area contributed by atoms with Crippen LogP contribution in [-0.2, 0) is 10.0 Å². The lowest BCUT2D eigenvalue weighted by atomic mass is 10.2. The molecule has 2 aromatic rings. The van der Waals surface area contributed by atoms with Gasteiger partial charge in [0, 0.05) is 45.1 Å². The van der Waals surface area contributed by atoms with E-state index in [4.69, 9.17) is 10.00 Å². The van der Waals surface area contributed by atoms with Crippen LogP contribution in [0, 0.1) is 11.3 Å². The molecule has 136 valence electrons. The molecule has 26 heavy (non-hydrogen) atoms. The van der Waals surface area contributed by atoms with E-state index < -0.39 is 10.0 Å². The number of sulfonamides is 1. The smallest absolute Gasteiger partial charge is 0.244 e. The van der Waals surface area contributed by atoms with Crippen molar-refractivity contribution in [1.29, 1.82) is 5.26 Å². The lowest BCUT2D eigenvalue weighted by Crippen LogP contribution is -2.49. The SMILES string of the molecule is N#Cc1ccccc1OCCN1CCN(S(=O)(=O)c2cccnc2)CC1. The van der Waals surface area contributed by atoms with Gasteiger partial charge < -0.3 is 4.74 Å². The summed E-state index contributed by atoms with van der Waals surface area (Å²) in [4.78, 5) is 6.27. The largest absolute Gasteiger partial charge is 0.491 e. The lowest BCUT2D eigenvalue weighted by molar-refractivity contribution is 0.158. The zero-order valence-corrected chi connectivity index (χ0v) is 15.1. The van der Waals surface area contributed by atoms with E-state index in [1.165, 1.54) is 10.5 Å². The molecular formula is C18H20N4O3S. The summed E-state index contributed by atoms with van der Waals surface area (Å²) in [5.41, 5.74) is 0.514. The number of hydrogen-bond donors (Lipinski definition) is 0. The molecule has 8 heteroatoms. The van der Waals surface area contributed by atoms with E-state index >= 15 is 0 Å². The first-order chi connectivity index (χ1) is 12.6. The number of nitrogens with zero attached hydrogens (tertiary/aromatic N) is 4. The number of benzene rings is 1. The van der Waals surface area contributed by atoms with Crippen LogP contribution in [0.3, 0.4) is 0 Å². The number of nitriles is 1. The lowest BCUT2D eigenvalue weighted by Gasteiger charge is -2.33. The molecule has 3 rings (SSSR count). The van der Waals surface area contributed by atoms with Gasteiger partial charge in [-0.1, -0.05) is 12.1 Å². The molecule has 1 aromatic carbocycles. The highest BCUT2D eigenvalue weighted by molar-refractivity contribution is 7.89. The maximum Gasteiger partial charge on any atom is 0.244 e. The Morgan fingerprint density at radius 2 is 1.88 bits per heavy atom. The summed E-state index contributed by atoms with van der Waals surface area (Å²) in [6.45, 7) is 3.29. The number of rotatable bonds is 6. The van der Waals surface area contributed by atoms with Gasteiger partial charge in [-0.25, -0.2) is 8.42 Å². The highest BCUT2D eigenvalue weighted by atomic mass is 32.2.